The van der Waals surface area contributed by atoms with Gasteiger partial charge in [0.15, 0.2) is 11.5 Å². The summed E-state index contributed by atoms with van der Waals surface area (Å²) in [4.78, 5) is 12.5. The van der Waals surface area contributed by atoms with Crippen LogP contribution in [0.25, 0.3) is 0 Å². The summed E-state index contributed by atoms with van der Waals surface area (Å²) in [7, 11) is 1.68. The highest BCUT2D eigenvalue weighted by molar-refractivity contribution is 7.19. The lowest BCUT2D eigenvalue weighted by Crippen LogP contribution is -2.10. The summed E-state index contributed by atoms with van der Waals surface area (Å²) in [5.74, 6) is 0.644. The van der Waals surface area contributed by atoms with E-state index in [2.05, 4.69) is 5.32 Å². The number of hydrogen-bond acceptors (Lipinski definition) is 6. The maximum atomic E-state index is 11.9. The number of carbonyl (C=O) groups excluding carboxylic acids is 1. The molecule has 0 aliphatic rings. The van der Waals surface area contributed by atoms with Crippen molar-refractivity contribution in [3.8, 4) is 5.75 Å². The molecule has 0 bridgehead atoms. The van der Waals surface area contributed by atoms with E-state index >= 15 is 0 Å². The van der Waals surface area contributed by atoms with Crippen molar-refractivity contribution in [2.24, 2.45) is 0 Å². The molecule has 1 heterocycles. The van der Waals surface area contributed by atoms with Gasteiger partial charge in [-0.1, -0.05) is 6.92 Å². The number of nitrogen functional groups attached to an aromatic ring is 1. The van der Waals surface area contributed by atoms with Crippen LogP contribution in [0.2, 0.25) is 0 Å². The second-order valence-corrected chi connectivity index (χ2v) is 5.74. The topological polar surface area (TPSA) is 73.6 Å². The van der Waals surface area contributed by atoms with Crippen LogP contribution in [-0.2, 0) is 4.74 Å². The molecule has 1 aromatic heterocycles. The predicted molar refractivity (Wildman–Crippen MR) is 84.1 cm³/mol. The van der Waals surface area contributed by atoms with Crippen molar-refractivity contribution >= 4 is 27.8 Å². The Bertz CT molecular complexity index is 444. The number of nitrogens with two attached hydrogens (primary N) is 1. The number of carbonyl (C=O) groups is 1. The Morgan fingerprint density at radius 3 is 2.70 bits per heavy atom. The third-order valence-electron chi connectivity index (χ3n) is 2.64. The van der Waals surface area contributed by atoms with Gasteiger partial charge in [0, 0.05) is 26.7 Å². The molecule has 0 saturated heterocycles. The van der Waals surface area contributed by atoms with Crippen molar-refractivity contribution in [2.75, 3.05) is 31.3 Å². The van der Waals surface area contributed by atoms with Gasteiger partial charge in [0.1, 0.15) is 5.00 Å². The van der Waals surface area contributed by atoms with Gasteiger partial charge in [-0.2, -0.15) is 0 Å². The van der Waals surface area contributed by atoms with Crippen molar-refractivity contribution in [1.82, 2.24) is 0 Å². The average Bonchev–Trinajstić information content (AvgIpc) is 2.71. The molecule has 0 fully saturated rings. The van der Waals surface area contributed by atoms with Gasteiger partial charge in [-0.15, -0.1) is 11.3 Å². The molecule has 1 aromatic rings. The molecule has 6 heteroatoms. The Labute approximate surface area is 124 Å². The number of Topliss-reactive ketones (excluding diaryl/α,β-unsaturated/α-hetero) is 1. The number of anilines is 2. The van der Waals surface area contributed by atoms with Gasteiger partial charge < -0.3 is 20.5 Å². The van der Waals surface area contributed by atoms with E-state index in [1.54, 1.807) is 7.11 Å². The molecule has 20 heavy (non-hydrogen) atoms. The second kappa shape index (κ2) is 8.11. The molecule has 0 aliphatic carbocycles. The van der Waals surface area contributed by atoms with E-state index in [-0.39, 0.29) is 11.9 Å². The number of hydrogen-bond donors (Lipinski definition) is 2. The maximum absolute atomic E-state index is 11.9. The number of ether oxygens (including phenoxy) is 2. The highest BCUT2D eigenvalue weighted by atomic mass is 32.1. The predicted octanol–water partition coefficient (Wildman–Crippen LogP) is 3.16. The van der Waals surface area contributed by atoms with Crippen molar-refractivity contribution in [3.63, 3.8) is 0 Å². The van der Waals surface area contributed by atoms with Crippen molar-refractivity contribution in [1.29, 1.82) is 0 Å². The molecule has 0 spiro atoms. The Morgan fingerprint density at radius 1 is 1.45 bits per heavy atom. The van der Waals surface area contributed by atoms with E-state index in [0.717, 1.165) is 18.0 Å². The number of rotatable bonds is 9. The SMILES string of the molecule is CCC(=O)c1sc(NCCCOC)c(OC(C)C)c1N. The molecule has 0 amide bonds. The van der Waals surface area contributed by atoms with Gasteiger partial charge in [0.25, 0.3) is 0 Å². The normalized spacial score (nSPS) is 10.8. The Balaban J connectivity index is 2.91. The molecule has 3 N–H and O–H groups in total. The molecule has 0 unspecified atom stereocenters. The zero-order valence-corrected chi connectivity index (χ0v) is 13.4. The molecule has 5 nitrogen and oxygen atoms in total. The zero-order chi connectivity index (χ0) is 15.1. The second-order valence-electron chi connectivity index (χ2n) is 4.72. The summed E-state index contributed by atoms with van der Waals surface area (Å²) in [6.07, 6.45) is 1.33. The van der Waals surface area contributed by atoms with Crippen LogP contribution in [-0.4, -0.2) is 32.1 Å². The smallest absolute Gasteiger partial charge is 0.177 e. The lowest BCUT2D eigenvalue weighted by atomic mass is 10.2. The van der Waals surface area contributed by atoms with Gasteiger partial charge in [0.05, 0.1) is 16.7 Å². The van der Waals surface area contributed by atoms with Gasteiger partial charge in [-0.3, -0.25) is 4.79 Å². The number of nitrogens with one attached hydrogen (secondary N) is 1. The number of thiophene rings is 1. The van der Waals surface area contributed by atoms with Crippen molar-refractivity contribution in [2.45, 2.75) is 39.7 Å². The molecular formula is C14H24N2O3S. The molecule has 0 aromatic carbocycles. The lowest BCUT2D eigenvalue weighted by Gasteiger charge is -2.12. The van der Waals surface area contributed by atoms with Crippen LogP contribution in [0.3, 0.4) is 0 Å². The fourth-order valence-corrected chi connectivity index (χ4v) is 2.77. The third-order valence-corrected chi connectivity index (χ3v) is 3.82. The van der Waals surface area contributed by atoms with Gasteiger partial charge in [-0.05, 0) is 20.3 Å². The summed E-state index contributed by atoms with van der Waals surface area (Å²) in [5, 5.41) is 4.10. The monoisotopic (exact) mass is 300 g/mol. The van der Waals surface area contributed by atoms with E-state index in [1.807, 2.05) is 20.8 Å². The van der Waals surface area contributed by atoms with Crippen LogP contribution in [0.1, 0.15) is 43.3 Å². The summed E-state index contributed by atoms with van der Waals surface area (Å²) in [6, 6.07) is 0. The Morgan fingerprint density at radius 2 is 2.15 bits per heavy atom. The molecule has 114 valence electrons. The van der Waals surface area contributed by atoms with Gasteiger partial charge in [-0.25, -0.2) is 0 Å². The van der Waals surface area contributed by atoms with Crippen LogP contribution >= 0.6 is 11.3 Å². The molecule has 1 rings (SSSR count). The summed E-state index contributed by atoms with van der Waals surface area (Å²) in [5.41, 5.74) is 6.51. The Hall–Kier alpha value is -1.27. The van der Waals surface area contributed by atoms with Crippen LogP contribution in [0.4, 0.5) is 10.7 Å². The average molecular weight is 300 g/mol. The van der Waals surface area contributed by atoms with Crippen molar-refractivity contribution in [3.05, 3.63) is 4.88 Å². The minimum Gasteiger partial charge on any atom is -0.486 e. The minimum atomic E-state index is 0.0102. The summed E-state index contributed by atoms with van der Waals surface area (Å²) >= 11 is 1.37. The highest BCUT2D eigenvalue weighted by Gasteiger charge is 2.21. The fourth-order valence-electron chi connectivity index (χ4n) is 1.68. The number of methoxy groups -OCH3 is 1. The van der Waals surface area contributed by atoms with Crippen LogP contribution in [0, 0.1) is 0 Å². The first kappa shape index (κ1) is 16.8. The van der Waals surface area contributed by atoms with E-state index < -0.39 is 0 Å². The Kier molecular flexibility index (Phi) is 6.81. The highest BCUT2D eigenvalue weighted by Crippen LogP contribution is 2.43. The maximum Gasteiger partial charge on any atom is 0.177 e. The van der Waals surface area contributed by atoms with Gasteiger partial charge in [0.2, 0.25) is 0 Å². The summed E-state index contributed by atoms with van der Waals surface area (Å²) < 4.78 is 10.8. The quantitative estimate of drug-likeness (QED) is 0.541. The lowest BCUT2D eigenvalue weighted by molar-refractivity contribution is 0.0992. The van der Waals surface area contributed by atoms with Crippen LogP contribution in [0.15, 0.2) is 0 Å². The van der Waals surface area contributed by atoms with Gasteiger partial charge >= 0.3 is 0 Å². The largest absolute Gasteiger partial charge is 0.486 e. The standard InChI is InChI=1S/C14H24N2O3S/c1-5-10(17)13-11(15)12(19-9(2)3)14(20-13)16-7-6-8-18-4/h9,16H,5-8,15H2,1-4H3. The van der Waals surface area contributed by atoms with Crippen LogP contribution < -0.4 is 15.8 Å². The third kappa shape index (κ3) is 4.38. The van der Waals surface area contributed by atoms with E-state index in [1.165, 1.54) is 11.3 Å². The first-order chi connectivity index (χ1) is 9.51. The molecular weight excluding hydrogens is 276 g/mol. The first-order valence-electron chi connectivity index (χ1n) is 6.86. The summed E-state index contributed by atoms with van der Waals surface area (Å²) in [6.45, 7) is 7.15. The van der Waals surface area contributed by atoms with E-state index in [4.69, 9.17) is 15.2 Å². The molecule has 0 radical (unpaired) electrons. The van der Waals surface area contributed by atoms with E-state index in [9.17, 15) is 4.79 Å². The van der Waals surface area contributed by atoms with Crippen LogP contribution in [0.5, 0.6) is 5.75 Å². The molecule has 0 atom stereocenters. The molecule has 0 saturated carbocycles. The van der Waals surface area contributed by atoms with E-state index in [0.29, 0.717) is 29.3 Å². The zero-order valence-electron chi connectivity index (χ0n) is 12.6. The number of ketones is 1. The van der Waals surface area contributed by atoms with Crippen molar-refractivity contribution < 1.29 is 14.3 Å². The molecule has 0 aliphatic heterocycles. The minimum absolute atomic E-state index is 0.0102. The first-order valence-corrected chi connectivity index (χ1v) is 7.67. The fraction of sp³-hybridized carbons (Fsp3) is 0.643.